The molecule has 1 aromatic carbocycles. The molecule has 94 valence electrons. The zero-order valence-electron chi connectivity index (χ0n) is 9.45. The van der Waals surface area contributed by atoms with Gasteiger partial charge in [0.25, 0.3) is 0 Å². The molecule has 0 saturated carbocycles. The van der Waals surface area contributed by atoms with Crippen molar-refractivity contribution in [3.63, 3.8) is 0 Å². The maximum absolute atomic E-state index is 9.03. The molecule has 1 N–H and O–H groups in total. The number of hydrogen-bond acceptors (Lipinski definition) is 3. The van der Waals surface area contributed by atoms with Crippen molar-refractivity contribution in [1.82, 2.24) is 0 Å². The first kappa shape index (κ1) is 14.2. The van der Waals surface area contributed by atoms with Gasteiger partial charge in [0.15, 0.2) is 11.5 Å². The summed E-state index contributed by atoms with van der Waals surface area (Å²) in [5.41, 5.74) is 2.02. The lowest BCUT2D eigenvalue weighted by atomic mass is 10.2. The molecule has 3 nitrogen and oxygen atoms in total. The molecule has 0 heterocycles. The van der Waals surface area contributed by atoms with Crippen LogP contribution in [0.3, 0.4) is 0 Å². The average molecular weight is 277 g/mol. The topological polar surface area (TPSA) is 38.7 Å². The molecule has 5 heteroatoms. The maximum atomic E-state index is 9.03. The number of benzene rings is 1. The fourth-order valence-corrected chi connectivity index (χ4v) is 1.33. The predicted octanol–water partition coefficient (Wildman–Crippen LogP) is 3.28. The van der Waals surface area contributed by atoms with Crippen LogP contribution in [0.5, 0.6) is 11.5 Å². The van der Waals surface area contributed by atoms with Crippen LogP contribution in [0.15, 0.2) is 28.8 Å². The number of aliphatic hydroxyl groups excluding tert-OH is 1. The van der Waals surface area contributed by atoms with E-state index in [-0.39, 0.29) is 13.2 Å². The zero-order valence-corrected chi connectivity index (χ0v) is 11.0. The van der Waals surface area contributed by atoms with E-state index in [1.165, 1.54) is 5.54 Å². The second-order valence-electron chi connectivity index (χ2n) is 3.22. The van der Waals surface area contributed by atoms with Crippen molar-refractivity contribution < 1.29 is 14.6 Å². The summed E-state index contributed by atoms with van der Waals surface area (Å²) >= 11 is 11.2. The van der Waals surface area contributed by atoms with Crippen molar-refractivity contribution >= 4 is 23.2 Å². The maximum Gasteiger partial charge on any atom is 0.161 e. The van der Waals surface area contributed by atoms with Gasteiger partial charge in [-0.3, -0.25) is 0 Å². The summed E-state index contributed by atoms with van der Waals surface area (Å²) in [6, 6.07) is 5.22. The normalized spacial score (nSPS) is 11.4. The van der Waals surface area contributed by atoms with Crippen molar-refractivity contribution in [3.8, 4) is 11.5 Å². The highest BCUT2D eigenvalue weighted by molar-refractivity contribution is 6.36. The molecular formula is C12H14Cl2O3. The van der Waals surface area contributed by atoms with Gasteiger partial charge in [0, 0.05) is 5.54 Å². The summed E-state index contributed by atoms with van der Waals surface area (Å²) in [6.07, 6.45) is 0. The third-order valence-corrected chi connectivity index (χ3v) is 2.57. The second kappa shape index (κ2) is 7.43. The Morgan fingerprint density at radius 3 is 2.71 bits per heavy atom. The standard InChI is InChI=1S/C12H14Cl2O3/c1-2-16-12-5-9(7-15)3-4-11(12)17-8-10(14)6-13/h3-6,15H,2,7-8H2,1H3. The van der Waals surface area contributed by atoms with Gasteiger partial charge in [-0.15, -0.1) is 0 Å². The molecular weight excluding hydrogens is 263 g/mol. The van der Waals surface area contributed by atoms with Crippen molar-refractivity contribution in [2.75, 3.05) is 13.2 Å². The van der Waals surface area contributed by atoms with Gasteiger partial charge in [0.05, 0.1) is 18.2 Å². The summed E-state index contributed by atoms with van der Waals surface area (Å²) in [5, 5.41) is 9.44. The van der Waals surface area contributed by atoms with Crippen LogP contribution in [0.1, 0.15) is 12.5 Å². The van der Waals surface area contributed by atoms with Gasteiger partial charge in [-0.1, -0.05) is 29.3 Å². The monoisotopic (exact) mass is 276 g/mol. The molecule has 0 unspecified atom stereocenters. The van der Waals surface area contributed by atoms with Crippen molar-refractivity contribution in [2.45, 2.75) is 13.5 Å². The highest BCUT2D eigenvalue weighted by Gasteiger charge is 2.06. The Bertz CT molecular complexity index is 391. The van der Waals surface area contributed by atoms with Crippen LogP contribution in [0, 0.1) is 0 Å². The molecule has 0 aliphatic rings. The molecule has 1 aromatic rings. The van der Waals surface area contributed by atoms with Gasteiger partial charge in [0.1, 0.15) is 6.61 Å². The van der Waals surface area contributed by atoms with Crippen molar-refractivity contribution in [2.24, 2.45) is 0 Å². The summed E-state index contributed by atoms with van der Waals surface area (Å²) < 4.78 is 10.9. The molecule has 0 saturated heterocycles. The van der Waals surface area contributed by atoms with Gasteiger partial charge < -0.3 is 14.6 Å². The summed E-state index contributed by atoms with van der Waals surface area (Å²) in [5.74, 6) is 1.15. The third kappa shape index (κ3) is 4.46. The van der Waals surface area contributed by atoms with Crippen LogP contribution in [-0.4, -0.2) is 18.3 Å². The molecule has 0 spiro atoms. The minimum atomic E-state index is -0.0390. The molecule has 17 heavy (non-hydrogen) atoms. The first-order chi connectivity index (χ1) is 8.21. The van der Waals surface area contributed by atoms with Crippen LogP contribution < -0.4 is 9.47 Å². The number of aliphatic hydroxyl groups is 1. The number of ether oxygens (including phenoxy) is 2. The Morgan fingerprint density at radius 2 is 2.12 bits per heavy atom. The number of halogens is 2. The van der Waals surface area contributed by atoms with E-state index in [1.807, 2.05) is 6.92 Å². The van der Waals surface area contributed by atoms with E-state index in [1.54, 1.807) is 18.2 Å². The van der Waals surface area contributed by atoms with E-state index in [0.717, 1.165) is 5.56 Å². The lowest BCUT2D eigenvalue weighted by Gasteiger charge is -2.12. The zero-order chi connectivity index (χ0) is 12.7. The molecule has 1 rings (SSSR count). The highest BCUT2D eigenvalue weighted by Crippen LogP contribution is 2.29. The Labute approximate surface area is 111 Å². The van der Waals surface area contributed by atoms with Gasteiger partial charge in [0.2, 0.25) is 0 Å². The SMILES string of the molecule is CCOc1cc(CO)ccc1OCC(Cl)=CCl. The Kier molecular flexibility index (Phi) is 6.19. The van der Waals surface area contributed by atoms with Gasteiger partial charge >= 0.3 is 0 Å². The van der Waals surface area contributed by atoms with E-state index in [2.05, 4.69) is 0 Å². The Hall–Kier alpha value is -0.900. The molecule has 0 aliphatic carbocycles. The molecule has 0 aromatic heterocycles. The summed E-state index contributed by atoms with van der Waals surface area (Å²) in [6.45, 7) is 2.54. The molecule has 0 atom stereocenters. The molecule has 0 bridgehead atoms. The van der Waals surface area contributed by atoms with Crippen LogP contribution in [0.2, 0.25) is 0 Å². The largest absolute Gasteiger partial charge is 0.490 e. The van der Waals surface area contributed by atoms with E-state index in [4.69, 9.17) is 37.8 Å². The Morgan fingerprint density at radius 1 is 1.35 bits per heavy atom. The van der Waals surface area contributed by atoms with Gasteiger partial charge in [-0.25, -0.2) is 0 Å². The second-order valence-corrected chi connectivity index (χ2v) is 3.92. The van der Waals surface area contributed by atoms with Gasteiger partial charge in [-0.05, 0) is 24.6 Å². The molecule has 0 aliphatic heterocycles. The van der Waals surface area contributed by atoms with Gasteiger partial charge in [-0.2, -0.15) is 0 Å². The lowest BCUT2D eigenvalue weighted by Crippen LogP contribution is -2.01. The summed E-state index contributed by atoms with van der Waals surface area (Å²) in [7, 11) is 0. The minimum absolute atomic E-state index is 0.0390. The molecule has 0 radical (unpaired) electrons. The van der Waals surface area contributed by atoms with Crippen LogP contribution in [-0.2, 0) is 6.61 Å². The van der Waals surface area contributed by atoms with Crippen molar-refractivity contribution in [3.05, 3.63) is 34.3 Å². The van der Waals surface area contributed by atoms with Crippen LogP contribution in [0.4, 0.5) is 0 Å². The quantitative estimate of drug-likeness (QED) is 0.867. The van der Waals surface area contributed by atoms with E-state index < -0.39 is 0 Å². The summed E-state index contributed by atoms with van der Waals surface area (Å²) in [4.78, 5) is 0. The molecule has 0 fully saturated rings. The third-order valence-electron chi connectivity index (χ3n) is 1.97. The predicted molar refractivity (Wildman–Crippen MR) is 68.8 cm³/mol. The Balaban J connectivity index is 2.82. The fourth-order valence-electron chi connectivity index (χ4n) is 1.22. The first-order valence-electron chi connectivity index (χ1n) is 5.15. The van der Waals surface area contributed by atoms with Crippen LogP contribution >= 0.6 is 23.2 Å². The fraction of sp³-hybridized carbons (Fsp3) is 0.333. The van der Waals surface area contributed by atoms with Crippen molar-refractivity contribution in [1.29, 1.82) is 0 Å². The highest BCUT2D eigenvalue weighted by atomic mass is 35.5. The molecule has 0 amide bonds. The number of rotatable bonds is 6. The van der Waals surface area contributed by atoms with E-state index in [0.29, 0.717) is 23.1 Å². The van der Waals surface area contributed by atoms with E-state index in [9.17, 15) is 0 Å². The lowest BCUT2D eigenvalue weighted by molar-refractivity contribution is 0.275. The average Bonchev–Trinajstić information content (AvgIpc) is 2.37. The van der Waals surface area contributed by atoms with Crippen LogP contribution in [0.25, 0.3) is 0 Å². The first-order valence-corrected chi connectivity index (χ1v) is 5.96. The smallest absolute Gasteiger partial charge is 0.161 e. The van der Waals surface area contributed by atoms with E-state index >= 15 is 0 Å². The minimum Gasteiger partial charge on any atom is -0.490 e. The number of hydrogen-bond donors (Lipinski definition) is 1.